The summed E-state index contributed by atoms with van der Waals surface area (Å²) in [5.41, 5.74) is 7.17. The van der Waals surface area contributed by atoms with Crippen LogP contribution in [0.2, 0.25) is 10.0 Å². The van der Waals surface area contributed by atoms with Gasteiger partial charge in [-0.2, -0.15) is 0 Å². The molecule has 2 fully saturated rings. The van der Waals surface area contributed by atoms with Gasteiger partial charge in [0.15, 0.2) is 5.82 Å². The molecule has 10 heteroatoms. The SMILES string of the molecule is Cc1ccc(NC(=O)c2[nH]c3cc(Cl)ccc3c2-c2c(-c3ccccc3)ncn2C(C)c2ccc(Cl)cc2)c(N2CCN(C3CCCCC3)CC2)n1. The first-order valence-electron chi connectivity index (χ1n) is 18.3. The fourth-order valence-electron chi connectivity index (χ4n) is 8.01. The molecule has 8 nitrogen and oxygen atoms in total. The van der Waals surface area contributed by atoms with Gasteiger partial charge in [0.25, 0.3) is 5.91 Å². The average molecular weight is 733 g/mol. The van der Waals surface area contributed by atoms with Crippen molar-refractivity contribution in [2.75, 3.05) is 36.4 Å². The number of pyridine rings is 1. The third-order valence-electron chi connectivity index (χ3n) is 10.8. The van der Waals surface area contributed by atoms with Gasteiger partial charge in [0, 0.05) is 70.0 Å². The number of nitrogens with zero attached hydrogens (tertiary/aromatic N) is 5. The molecule has 4 heterocycles. The summed E-state index contributed by atoms with van der Waals surface area (Å²) in [6.07, 6.45) is 8.47. The number of hydrogen-bond acceptors (Lipinski definition) is 5. The summed E-state index contributed by atoms with van der Waals surface area (Å²) in [5.74, 6) is 0.546. The van der Waals surface area contributed by atoms with Crippen molar-refractivity contribution in [3.8, 4) is 22.5 Å². The van der Waals surface area contributed by atoms with Gasteiger partial charge in [-0.15, -0.1) is 0 Å². The first-order valence-corrected chi connectivity index (χ1v) is 19.1. The Morgan fingerprint density at radius 1 is 0.885 bits per heavy atom. The van der Waals surface area contributed by atoms with E-state index in [2.05, 4.69) is 31.6 Å². The van der Waals surface area contributed by atoms with Crippen LogP contribution in [0.4, 0.5) is 11.5 Å². The smallest absolute Gasteiger partial charge is 0.272 e. The van der Waals surface area contributed by atoms with Crippen LogP contribution in [0, 0.1) is 6.92 Å². The number of halogens is 2. The molecule has 0 bridgehead atoms. The van der Waals surface area contributed by atoms with Crippen LogP contribution in [-0.2, 0) is 0 Å². The molecule has 1 unspecified atom stereocenters. The molecule has 0 spiro atoms. The lowest BCUT2D eigenvalue weighted by Crippen LogP contribution is -2.51. The van der Waals surface area contributed by atoms with Crippen LogP contribution in [0.3, 0.4) is 0 Å². The monoisotopic (exact) mass is 731 g/mol. The van der Waals surface area contributed by atoms with Gasteiger partial charge in [0.05, 0.1) is 29.4 Å². The number of aromatic nitrogens is 4. The van der Waals surface area contributed by atoms with Crippen LogP contribution >= 0.6 is 23.2 Å². The van der Waals surface area contributed by atoms with Gasteiger partial charge in [-0.05, 0) is 68.7 Å². The number of amides is 1. The summed E-state index contributed by atoms with van der Waals surface area (Å²) >= 11 is 12.8. The molecule has 3 aromatic heterocycles. The summed E-state index contributed by atoms with van der Waals surface area (Å²) in [5, 5.41) is 5.41. The minimum atomic E-state index is -0.263. The maximum absolute atomic E-state index is 14.7. The normalized spacial score (nSPS) is 16.3. The molecule has 8 rings (SSSR count). The molecule has 266 valence electrons. The van der Waals surface area contributed by atoms with Gasteiger partial charge in [0.2, 0.25) is 0 Å². The molecule has 1 aliphatic carbocycles. The highest BCUT2D eigenvalue weighted by molar-refractivity contribution is 6.31. The van der Waals surface area contributed by atoms with E-state index in [1.54, 1.807) is 0 Å². The predicted molar refractivity (Wildman–Crippen MR) is 213 cm³/mol. The van der Waals surface area contributed by atoms with Crippen LogP contribution in [0.5, 0.6) is 0 Å². The first-order chi connectivity index (χ1) is 25.3. The van der Waals surface area contributed by atoms with E-state index in [1.165, 1.54) is 32.1 Å². The number of carbonyl (C=O) groups excluding carboxylic acids is 1. The van der Waals surface area contributed by atoms with Crippen LogP contribution in [0.25, 0.3) is 33.4 Å². The summed E-state index contributed by atoms with van der Waals surface area (Å²) < 4.78 is 2.14. The van der Waals surface area contributed by atoms with Crippen molar-refractivity contribution < 1.29 is 4.79 Å². The minimum Gasteiger partial charge on any atom is -0.352 e. The lowest BCUT2D eigenvalue weighted by atomic mass is 9.94. The van der Waals surface area contributed by atoms with E-state index in [0.29, 0.717) is 27.5 Å². The number of aromatic amines is 1. The third kappa shape index (κ3) is 6.83. The zero-order chi connectivity index (χ0) is 35.8. The number of piperazine rings is 1. The largest absolute Gasteiger partial charge is 0.352 e. The third-order valence-corrected chi connectivity index (χ3v) is 11.3. The van der Waals surface area contributed by atoms with E-state index in [9.17, 15) is 4.79 Å². The van der Waals surface area contributed by atoms with E-state index in [1.807, 2.05) is 98.2 Å². The Balaban J connectivity index is 1.20. The second-order valence-corrected chi connectivity index (χ2v) is 15.0. The molecule has 1 aliphatic heterocycles. The molecule has 0 radical (unpaired) electrons. The van der Waals surface area contributed by atoms with Crippen molar-refractivity contribution in [2.45, 2.75) is 58.0 Å². The fourth-order valence-corrected chi connectivity index (χ4v) is 8.31. The predicted octanol–water partition coefficient (Wildman–Crippen LogP) is 10.0. The van der Waals surface area contributed by atoms with E-state index < -0.39 is 0 Å². The Hall–Kier alpha value is -4.63. The van der Waals surface area contributed by atoms with Crippen molar-refractivity contribution >= 4 is 51.5 Å². The Morgan fingerprint density at radius 2 is 1.62 bits per heavy atom. The number of imidazole rings is 1. The van der Waals surface area contributed by atoms with E-state index in [4.69, 9.17) is 33.2 Å². The molecular weight excluding hydrogens is 689 g/mol. The summed E-state index contributed by atoms with van der Waals surface area (Å²) in [7, 11) is 0. The van der Waals surface area contributed by atoms with Crippen molar-refractivity contribution in [1.29, 1.82) is 0 Å². The lowest BCUT2D eigenvalue weighted by Gasteiger charge is -2.41. The van der Waals surface area contributed by atoms with Crippen molar-refractivity contribution in [3.63, 3.8) is 0 Å². The van der Waals surface area contributed by atoms with Gasteiger partial charge in [-0.1, -0.05) is 91.0 Å². The van der Waals surface area contributed by atoms with Gasteiger partial charge in [0.1, 0.15) is 5.69 Å². The number of benzene rings is 3. The topological polar surface area (TPSA) is 82.1 Å². The molecule has 52 heavy (non-hydrogen) atoms. The second kappa shape index (κ2) is 14.8. The Morgan fingerprint density at radius 3 is 2.37 bits per heavy atom. The maximum atomic E-state index is 14.7. The van der Waals surface area contributed by atoms with Crippen molar-refractivity contribution in [2.24, 2.45) is 0 Å². The minimum absolute atomic E-state index is 0.120. The van der Waals surface area contributed by atoms with E-state index in [0.717, 1.165) is 76.7 Å². The van der Waals surface area contributed by atoms with Gasteiger partial charge >= 0.3 is 0 Å². The highest BCUT2D eigenvalue weighted by Crippen LogP contribution is 2.42. The van der Waals surface area contributed by atoms with E-state index in [-0.39, 0.29) is 11.9 Å². The number of rotatable bonds is 8. The molecule has 1 saturated heterocycles. The number of fused-ring (bicyclic) bond motifs is 1. The number of aryl methyl sites for hydroxylation is 1. The Labute approximate surface area is 314 Å². The van der Waals surface area contributed by atoms with Gasteiger partial charge < -0.3 is 19.8 Å². The molecule has 1 saturated carbocycles. The zero-order valence-electron chi connectivity index (χ0n) is 29.6. The second-order valence-electron chi connectivity index (χ2n) is 14.1. The van der Waals surface area contributed by atoms with Crippen molar-refractivity contribution in [1.82, 2.24) is 24.4 Å². The quantitative estimate of drug-likeness (QED) is 0.163. The molecule has 1 amide bonds. The van der Waals surface area contributed by atoms with Crippen LogP contribution in [0.1, 0.15) is 66.8 Å². The Bertz CT molecular complexity index is 2200. The van der Waals surface area contributed by atoms with Crippen LogP contribution in [-0.4, -0.2) is 62.5 Å². The number of hydrogen-bond donors (Lipinski definition) is 2. The number of anilines is 2. The number of nitrogens with one attached hydrogen (secondary N) is 2. The van der Waals surface area contributed by atoms with Crippen LogP contribution < -0.4 is 10.2 Å². The highest BCUT2D eigenvalue weighted by Gasteiger charge is 2.30. The molecular formula is C42H43Cl2N7O. The molecule has 6 aromatic rings. The molecule has 2 aliphatic rings. The summed E-state index contributed by atoms with van der Waals surface area (Å²) in [4.78, 5) is 33.1. The fraction of sp³-hybridized carbons (Fsp3) is 0.310. The molecule has 2 N–H and O–H groups in total. The standard InChI is InChI=1S/C42H43Cl2N7O/c1-27-13-20-35(41(46-27)50-23-21-49(22-24-50)33-11-7-4-8-12-33)48-42(52)39-37(34-19-18-32(44)25-36(34)47-39)40-38(30-9-5-3-6-10-30)45-26-51(40)28(2)29-14-16-31(43)17-15-29/h3,5-6,9-10,13-20,25-26,28,33,47H,4,7-8,11-12,21-24H2,1-2H3,(H,48,52). The first kappa shape index (κ1) is 34.5. The van der Waals surface area contributed by atoms with Gasteiger partial charge in [-0.3, -0.25) is 9.69 Å². The van der Waals surface area contributed by atoms with Crippen LogP contribution in [0.15, 0.2) is 91.3 Å². The van der Waals surface area contributed by atoms with E-state index >= 15 is 0 Å². The number of carbonyl (C=O) groups is 1. The summed E-state index contributed by atoms with van der Waals surface area (Å²) in [6.45, 7) is 7.87. The van der Waals surface area contributed by atoms with Gasteiger partial charge in [-0.25, -0.2) is 9.97 Å². The average Bonchev–Trinajstić information content (AvgIpc) is 3.78. The molecule has 1 atom stereocenters. The molecule has 3 aromatic carbocycles. The highest BCUT2D eigenvalue weighted by atomic mass is 35.5. The lowest BCUT2D eigenvalue weighted by molar-refractivity contribution is 0.102. The maximum Gasteiger partial charge on any atom is 0.272 e. The zero-order valence-corrected chi connectivity index (χ0v) is 31.1. The van der Waals surface area contributed by atoms with Crippen molar-refractivity contribution in [3.05, 3.63) is 118 Å². The summed E-state index contributed by atoms with van der Waals surface area (Å²) in [6, 6.07) is 28.2. The Kier molecular flexibility index (Phi) is 9.79. The number of H-pyrrole nitrogens is 1.